The first-order valence-corrected chi connectivity index (χ1v) is 8.08. The van der Waals surface area contributed by atoms with Gasteiger partial charge in [-0.3, -0.25) is 0 Å². The summed E-state index contributed by atoms with van der Waals surface area (Å²) >= 11 is 0. The van der Waals surface area contributed by atoms with Crippen molar-refractivity contribution in [3.8, 4) is 6.01 Å². The summed E-state index contributed by atoms with van der Waals surface area (Å²) < 4.78 is 5.42. The van der Waals surface area contributed by atoms with Gasteiger partial charge in [0.15, 0.2) is 0 Å². The fraction of sp³-hybridized carbons (Fsp3) is 0.800. The molecule has 0 amide bonds. The Labute approximate surface area is 127 Å². The van der Waals surface area contributed by atoms with Crippen LogP contribution in [0.2, 0.25) is 0 Å². The Morgan fingerprint density at radius 2 is 1.71 bits per heavy atom. The normalized spacial score (nSPS) is 15.6. The molecular formula is C15H27N5O. The van der Waals surface area contributed by atoms with Crippen molar-refractivity contribution in [1.82, 2.24) is 15.0 Å². The van der Waals surface area contributed by atoms with E-state index < -0.39 is 0 Å². The topological polar surface area (TPSA) is 72.0 Å². The third-order valence-electron chi connectivity index (χ3n) is 3.78. The van der Waals surface area contributed by atoms with E-state index >= 15 is 0 Å². The van der Waals surface area contributed by atoms with Crippen molar-refractivity contribution in [2.45, 2.75) is 52.9 Å². The maximum Gasteiger partial charge on any atom is 0.323 e. The molecule has 0 aliphatic heterocycles. The van der Waals surface area contributed by atoms with Crippen LogP contribution >= 0.6 is 0 Å². The van der Waals surface area contributed by atoms with Gasteiger partial charge in [0, 0.05) is 13.1 Å². The van der Waals surface area contributed by atoms with E-state index in [9.17, 15) is 0 Å². The zero-order valence-electron chi connectivity index (χ0n) is 13.4. The third kappa shape index (κ3) is 4.72. The van der Waals surface area contributed by atoms with Crippen molar-refractivity contribution < 1.29 is 4.74 Å². The van der Waals surface area contributed by atoms with Crippen molar-refractivity contribution in [3.63, 3.8) is 0 Å². The third-order valence-corrected chi connectivity index (χ3v) is 3.78. The molecule has 21 heavy (non-hydrogen) atoms. The Balaban J connectivity index is 2.01. The highest BCUT2D eigenvalue weighted by molar-refractivity contribution is 5.36. The summed E-state index contributed by atoms with van der Waals surface area (Å²) in [6, 6.07) is 0.383. The number of anilines is 2. The van der Waals surface area contributed by atoms with Crippen molar-refractivity contribution in [2.24, 2.45) is 5.41 Å². The monoisotopic (exact) mass is 293 g/mol. The number of aromatic nitrogens is 3. The Morgan fingerprint density at radius 1 is 1.00 bits per heavy atom. The van der Waals surface area contributed by atoms with Crippen molar-refractivity contribution in [3.05, 3.63) is 0 Å². The highest BCUT2D eigenvalue weighted by Crippen LogP contribution is 2.49. The first kappa shape index (κ1) is 15.8. The van der Waals surface area contributed by atoms with Gasteiger partial charge in [0.05, 0.1) is 6.61 Å². The zero-order valence-corrected chi connectivity index (χ0v) is 13.4. The molecule has 1 saturated carbocycles. The number of ether oxygens (including phenoxy) is 1. The van der Waals surface area contributed by atoms with E-state index in [0.717, 1.165) is 19.5 Å². The van der Waals surface area contributed by atoms with Crippen LogP contribution in [0.3, 0.4) is 0 Å². The minimum absolute atomic E-state index is 0.383. The van der Waals surface area contributed by atoms with Gasteiger partial charge in [-0.2, -0.15) is 15.0 Å². The molecular weight excluding hydrogens is 266 g/mol. The number of nitrogens with zero attached hydrogens (tertiary/aromatic N) is 3. The molecule has 1 fully saturated rings. The summed E-state index contributed by atoms with van der Waals surface area (Å²) in [6.45, 7) is 8.60. The summed E-state index contributed by atoms with van der Waals surface area (Å²) in [6.07, 6.45) is 6.13. The average molecular weight is 293 g/mol. The van der Waals surface area contributed by atoms with Crippen LogP contribution in [-0.2, 0) is 0 Å². The van der Waals surface area contributed by atoms with E-state index in [1.54, 1.807) is 0 Å². The Bertz CT molecular complexity index is 448. The molecule has 0 atom stereocenters. The lowest BCUT2D eigenvalue weighted by atomic mass is 10.0. The number of rotatable bonds is 10. The lowest BCUT2D eigenvalue weighted by Gasteiger charge is -2.15. The molecule has 0 spiro atoms. The first-order valence-electron chi connectivity index (χ1n) is 8.08. The van der Waals surface area contributed by atoms with Gasteiger partial charge in [0.25, 0.3) is 0 Å². The molecule has 1 heterocycles. The predicted molar refractivity (Wildman–Crippen MR) is 84.8 cm³/mol. The van der Waals surface area contributed by atoms with Gasteiger partial charge >= 0.3 is 6.01 Å². The predicted octanol–water partition coefficient (Wildman–Crippen LogP) is 3.08. The fourth-order valence-corrected chi connectivity index (χ4v) is 2.43. The lowest BCUT2D eigenvalue weighted by Crippen LogP contribution is -2.18. The lowest BCUT2D eigenvalue weighted by molar-refractivity contribution is 0.312. The van der Waals surface area contributed by atoms with Crippen LogP contribution in [0.5, 0.6) is 6.01 Å². The average Bonchev–Trinajstić information content (AvgIpc) is 3.24. The van der Waals surface area contributed by atoms with Gasteiger partial charge in [-0.05, 0) is 38.0 Å². The molecule has 0 radical (unpaired) electrons. The molecule has 6 heteroatoms. The minimum atomic E-state index is 0.383. The maximum absolute atomic E-state index is 5.42. The second-order valence-electron chi connectivity index (χ2n) is 5.73. The highest BCUT2D eigenvalue weighted by atomic mass is 16.5. The molecule has 0 bridgehead atoms. The van der Waals surface area contributed by atoms with Gasteiger partial charge in [-0.25, -0.2) is 0 Å². The van der Waals surface area contributed by atoms with Crippen LogP contribution < -0.4 is 15.4 Å². The summed E-state index contributed by atoms with van der Waals surface area (Å²) in [5.74, 6) is 1.19. The van der Waals surface area contributed by atoms with Gasteiger partial charge in [0.1, 0.15) is 0 Å². The van der Waals surface area contributed by atoms with Gasteiger partial charge < -0.3 is 15.4 Å². The Hall–Kier alpha value is -1.59. The fourth-order valence-electron chi connectivity index (χ4n) is 2.43. The molecule has 118 valence electrons. The molecule has 1 aliphatic rings. The van der Waals surface area contributed by atoms with Gasteiger partial charge in [-0.15, -0.1) is 0 Å². The van der Waals surface area contributed by atoms with Crippen molar-refractivity contribution >= 4 is 11.9 Å². The molecule has 2 N–H and O–H groups in total. The summed E-state index contributed by atoms with van der Waals surface area (Å²) in [4.78, 5) is 13.0. The standard InChI is InChI=1S/C15H27N5O/c1-4-7-15(8-9-15)11-17-13-18-12(16-10-5-2)19-14(20-13)21-6-3/h4-11H2,1-3H3,(H2,16,17,18,19,20). The van der Waals surface area contributed by atoms with Crippen molar-refractivity contribution in [1.29, 1.82) is 0 Å². The molecule has 2 rings (SSSR count). The van der Waals surface area contributed by atoms with Crippen molar-refractivity contribution in [2.75, 3.05) is 30.3 Å². The van der Waals surface area contributed by atoms with E-state index in [4.69, 9.17) is 4.74 Å². The van der Waals surface area contributed by atoms with Crippen LogP contribution in [-0.4, -0.2) is 34.6 Å². The minimum Gasteiger partial charge on any atom is -0.464 e. The summed E-state index contributed by atoms with van der Waals surface area (Å²) in [5.41, 5.74) is 0.462. The number of nitrogens with one attached hydrogen (secondary N) is 2. The van der Waals surface area contributed by atoms with E-state index in [-0.39, 0.29) is 0 Å². The molecule has 1 aromatic rings. The number of hydrogen-bond donors (Lipinski definition) is 2. The smallest absolute Gasteiger partial charge is 0.323 e. The SMILES string of the molecule is CCCNc1nc(NCC2(CCC)CC2)nc(OCC)n1. The van der Waals surface area contributed by atoms with Crippen LogP contribution in [0.4, 0.5) is 11.9 Å². The molecule has 1 aliphatic carbocycles. The van der Waals surface area contributed by atoms with Crippen LogP contribution in [0.25, 0.3) is 0 Å². The van der Waals surface area contributed by atoms with Gasteiger partial charge in [0.2, 0.25) is 11.9 Å². The van der Waals surface area contributed by atoms with Gasteiger partial charge in [-0.1, -0.05) is 20.3 Å². The van der Waals surface area contributed by atoms with E-state index in [1.807, 2.05) is 6.92 Å². The molecule has 0 aromatic carbocycles. The Kier molecular flexibility index (Phi) is 5.59. The molecule has 0 unspecified atom stereocenters. The largest absolute Gasteiger partial charge is 0.464 e. The van der Waals surface area contributed by atoms with Crippen LogP contribution in [0.1, 0.15) is 52.9 Å². The molecule has 0 saturated heterocycles. The second kappa shape index (κ2) is 7.43. The quantitative estimate of drug-likeness (QED) is 0.690. The van der Waals surface area contributed by atoms with Crippen LogP contribution in [0.15, 0.2) is 0 Å². The summed E-state index contributed by atoms with van der Waals surface area (Å²) in [5, 5.41) is 6.55. The molecule has 1 aromatic heterocycles. The summed E-state index contributed by atoms with van der Waals surface area (Å²) in [7, 11) is 0. The first-order chi connectivity index (χ1) is 10.2. The highest BCUT2D eigenvalue weighted by Gasteiger charge is 2.41. The van der Waals surface area contributed by atoms with Crippen LogP contribution in [0, 0.1) is 5.41 Å². The zero-order chi connectivity index (χ0) is 15.1. The Morgan fingerprint density at radius 3 is 2.29 bits per heavy atom. The molecule has 6 nitrogen and oxygen atoms in total. The van der Waals surface area contributed by atoms with E-state index in [1.165, 1.54) is 25.7 Å². The van der Waals surface area contributed by atoms with E-state index in [2.05, 4.69) is 39.4 Å². The maximum atomic E-state index is 5.42. The van der Waals surface area contributed by atoms with E-state index in [0.29, 0.717) is 29.9 Å². The number of hydrogen-bond acceptors (Lipinski definition) is 6. The second-order valence-corrected chi connectivity index (χ2v) is 5.73.